The minimum atomic E-state index is -0.182. The molecule has 1 N–H and O–H groups in total. The highest BCUT2D eigenvalue weighted by Crippen LogP contribution is 2.24. The van der Waals surface area contributed by atoms with Crippen LogP contribution in [0, 0.1) is 0 Å². The number of carbonyl (C=O) groups is 1. The SMILES string of the molecule is CC(=O)OC1CCNC(c2ccccc2)C1. The van der Waals surface area contributed by atoms with Gasteiger partial charge < -0.3 is 10.1 Å². The first-order valence-electron chi connectivity index (χ1n) is 5.71. The molecule has 1 aliphatic heterocycles. The number of hydrogen-bond donors (Lipinski definition) is 1. The molecule has 1 aliphatic rings. The Hall–Kier alpha value is -1.35. The molecule has 1 heterocycles. The lowest BCUT2D eigenvalue weighted by molar-refractivity contribution is -0.147. The summed E-state index contributed by atoms with van der Waals surface area (Å²) < 4.78 is 5.26. The third kappa shape index (κ3) is 2.83. The molecule has 0 radical (unpaired) electrons. The van der Waals surface area contributed by atoms with Crippen LogP contribution in [0.15, 0.2) is 30.3 Å². The van der Waals surface area contributed by atoms with Crippen LogP contribution in [-0.2, 0) is 9.53 Å². The summed E-state index contributed by atoms with van der Waals surface area (Å²) in [6.45, 7) is 2.37. The van der Waals surface area contributed by atoms with Gasteiger partial charge in [0.1, 0.15) is 6.10 Å². The van der Waals surface area contributed by atoms with Gasteiger partial charge in [-0.25, -0.2) is 0 Å². The van der Waals surface area contributed by atoms with Gasteiger partial charge in [-0.3, -0.25) is 4.79 Å². The highest BCUT2D eigenvalue weighted by molar-refractivity contribution is 5.66. The Morgan fingerprint density at radius 3 is 2.81 bits per heavy atom. The molecular formula is C13H17NO2. The van der Waals surface area contributed by atoms with Gasteiger partial charge in [0.15, 0.2) is 0 Å². The Labute approximate surface area is 95.8 Å². The van der Waals surface area contributed by atoms with Crippen LogP contribution < -0.4 is 5.32 Å². The molecule has 0 aromatic heterocycles. The zero-order chi connectivity index (χ0) is 11.4. The zero-order valence-corrected chi connectivity index (χ0v) is 9.48. The third-order valence-electron chi connectivity index (χ3n) is 2.89. The normalized spacial score (nSPS) is 25.1. The number of rotatable bonds is 2. The van der Waals surface area contributed by atoms with Crippen LogP contribution >= 0.6 is 0 Å². The summed E-state index contributed by atoms with van der Waals surface area (Å²) in [4.78, 5) is 10.9. The van der Waals surface area contributed by atoms with Crippen LogP contribution in [0.1, 0.15) is 31.4 Å². The van der Waals surface area contributed by atoms with E-state index in [9.17, 15) is 4.79 Å². The average molecular weight is 219 g/mol. The number of piperidine rings is 1. The quantitative estimate of drug-likeness (QED) is 0.774. The van der Waals surface area contributed by atoms with E-state index in [0.29, 0.717) is 6.04 Å². The van der Waals surface area contributed by atoms with Crippen LogP contribution in [0.3, 0.4) is 0 Å². The van der Waals surface area contributed by atoms with Crippen molar-refractivity contribution in [2.75, 3.05) is 6.54 Å². The monoisotopic (exact) mass is 219 g/mol. The Kier molecular flexibility index (Phi) is 3.57. The van der Waals surface area contributed by atoms with Crippen molar-refractivity contribution in [2.24, 2.45) is 0 Å². The van der Waals surface area contributed by atoms with Gasteiger partial charge in [0.25, 0.3) is 0 Å². The number of benzene rings is 1. The largest absolute Gasteiger partial charge is 0.462 e. The second-order valence-corrected chi connectivity index (χ2v) is 4.17. The van der Waals surface area contributed by atoms with E-state index in [1.54, 1.807) is 0 Å². The molecule has 0 saturated carbocycles. The van der Waals surface area contributed by atoms with Gasteiger partial charge in [0.05, 0.1) is 0 Å². The van der Waals surface area contributed by atoms with Gasteiger partial charge in [-0.15, -0.1) is 0 Å². The van der Waals surface area contributed by atoms with Crippen molar-refractivity contribution >= 4 is 5.97 Å². The van der Waals surface area contributed by atoms with Crippen LogP contribution in [-0.4, -0.2) is 18.6 Å². The average Bonchev–Trinajstić information content (AvgIpc) is 2.30. The highest BCUT2D eigenvalue weighted by atomic mass is 16.5. The van der Waals surface area contributed by atoms with Gasteiger partial charge in [-0.2, -0.15) is 0 Å². The lowest BCUT2D eigenvalue weighted by Gasteiger charge is -2.30. The molecule has 2 atom stereocenters. The molecule has 1 saturated heterocycles. The van der Waals surface area contributed by atoms with Crippen molar-refractivity contribution in [1.82, 2.24) is 5.32 Å². The smallest absolute Gasteiger partial charge is 0.302 e. The number of hydrogen-bond acceptors (Lipinski definition) is 3. The van der Waals surface area contributed by atoms with E-state index in [1.165, 1.54) is 12.5 Å². The van der Waals surface area contributed by atoms with Crippen LogP contribution in [0.4, 0.5) is 0 Å². The minimum absolute atomic E-state index is 0.0592. The van der Waals surface area contributed by atoms with Crippen molar-refractivity contribution < 1.29 is 9.53 Å². The van der Waals surface area contributed by atoms with E-state index in [4.69, 9.17) is 4.74 Å². The molecule has 1 fully saturated rings. The van der Waals surface area contributed by atoms with E-state index in [0.717, 1.165) is 19.4 Å². The first-order valence-corrected chi connectivity index (χ1v) is 5.71. The fraction of sp³-hybridized carbons (Fsp3) is 0.462. The molecule has 86 valence electrons. The number of esters is 1. The molecular weight excluding hydrogens is 202 g/mol. The molecule has 2 unspecified atom stereocenters. The Morgan fingerprint density at radius 1 is 1.38 bits per heavy atom. The fourth-order valence-electron chi connectivity index (χ4n) is 2.16. The molecule has 0 aliphatic carbocycles. The summed E-state index contributed by atoms with van der Waals surface area (Å²) in [5.41, 5.74) is 1.26. The van der Waals surface area contributed by atoms with Gasteiger partial charge in [-0.1, -0.05) is 30.3 Å². The molecule has 0 amide bonds. The minimum Gasteiger partial charge on any atom is -0.462 e. The standard InChI is InChI=1S/C13H17NO2/c1-10(15)16-12-7-8-14-13(9-12)11-5-3-2-4-6-11/h2-6,12-14H,7-9H2,1H3. The van der Waals surface area contributed by atoms with Gasteiger partial charge in [0, 0.05) is 19.4 Å². The molecule has 1 aromatic carbocycles. The maximum absolute atomic E-state index is 10.9. The summed E-state index contributed by atoms with van der Waals surface area (Å²) in [6, 6.07) is 10.6. The summed E-state index contributed by atoms with van der Waals surface area (Å²) in [5, 5.41) is 3.45. The second-order valence-electron chi connectivity index (χ2n) is 4.17. The summed E-state index contributed by atoms with van der Waals surface area (Å²) >= 11 is 0. The molecule has 3 nitrogen and oxygen atoms in total. The molecule has 2 rings (SSSR count). The molecule has 0 spiro atoms. The molecule has 16 heavy (non-hydrogen) atoms. The van der Waals surface area contributed by atoms with Crippen LogP contribution in [0.25, 0.3) is 0 Å². The Morgan fingerprint density at radius 2 is 2.12 bits per heavy atom. The first kappa shape index (κ1) is 11.1. The third-order valence-corrected chi connectivity index (χ3v) is 2.89. The second kappa shape index (κ2) is 5.12. The number of carbonyl (C=O) groups excluding carboxylic acids is 1. The van der Waals surface area contributed by atoms with E-state index >= 15 is 0 Å². The lowest BCUT2D eigenvalue weighted by Crippen LogP contribution is -2.36. The van der Waals surface area contributed by atoms with Crippen molar-refractivity contribution in [1.29, 1.82) is 0 Å². The van der Waals surface area contributed by atoms with E-state index in [2.05, 4.69) is 17.4 Å². The maximum atomic E-state index is 10.9. The molecule has 0 bridgehead atoms. The lowest BCUT2D eigenvalue weighted by atomic mass is 9.95. The number of ether oxygens (including phenoxy) is 1. The van der Waals surface area contributed by atoms with E-state index < -0.39 is 0 Å². The van der Waals surface area contributed by atoms with E-state index in [-0.39, 0.29) is 12.1 Å². The topological polar surface area (TPSA) is 38.3 Å². The first-order chi connectivity index (χ1) is 7.75. The van der Waals surface area contributed by atoms with Crippen molar-refractivity contribution in [3.05, 3.63) is 35.9 Å². The molecule has 1 aromatic rings. The highest BCUT2D eigenvalue weighted by Gasteiger charge is 2.24. The maximum Gasteiger partial charge on any atom is 0.302 e. The van der Waals surface area contributed by atoms with Gasteiger partial charge >= 0.3 is 5.97 Å². The van der Waals surface area contributed by atoms with Crippen LogP contribution in [0.2, 0.25) is 0 Å². The van der Waals surface area contributed by atoms with Gasteiger partial charge in [0.2, 0.25) is 0 Å². The Bertz CT molecular complexity index is 350. The summed E-state index contributed by atoms with van der Waals surface area (Å²) in [7, 11) is 0. The van der Waals surface area contributed by atoms with Crippen molar-refractivity contribution in [3.63, 3.8) is 0 Å². The Balaban J connectivity index is 1.99. The summed E-state index contributed by atoms with van der Waals surface area (Å²) in [6.07, 6.45) is 1.83. The van der Waals surface area contributed by atoms with Crippen molar-refractivity contribution in [2.45, 2.75) is 31.9 Å². The van der Waals surface area contributed by atoms with Gasteiger partial charge in [-0.05, 0) is 18.5 Å². The summed E-state index contributed by atoms with van der Waals surface area (Å²) in [5.74, 6) is -0.182. The zero-order valence-electron chi connectivity index (χ0n) is 9.48. The van der Waals surface area contributed by atoms with E-state index in [1.807, 2.05) is 18.2 Å². The number of nitrogens with one attached hydrogen (secondary N) is 1. The predicted molar refractivity (Wildman–Crippen MR) is 62.0 cm³/mol. The molecule has 3 heteroatoms. The van der Waals surface area contributed by atoms with Crippen LogP contribution in [0.5, 0.6) is 0 Å². The predicted octanol–water partition coefficient (Wildman–Crippen LogP) is 2.04. The fourth-order valence-corrected chi connectivity index (χ4v) is 2.16. The van der Waals surface area contributed by atoms with Crippen molar-refractivity contribution in [3.8, 4) is 0 Å².